The summed E-state index contributed by atoms with van der Waals surface area (Å²) in [6.45, 7) is 1.70. The summed E-state index contributed by atoms with van der Waals surface area (Å²) in [6, 6.07) is 19.4. The summed E-state index contributed by atoms with van der Waals surface area (Å²) in [6.07, 6.45) is -2.94. The van der Waals surface area contributed by atoms with Gasteiger partial charge in [0.15, 0.2) is 0 Å². The molecule has 3 aromatic rings. The second kappa shape index (κ2) is 13.3. The largest absolute Gasteiger partial charge is 0.496 e. The van der Waals surface area contributed by atoms with E-state index in [0.29, 0.717) is 36.6 Å². The Kier molecular flexibility index (Phi) is 9.91. The second-order valence-electron chi connectivity index (χ2n) is 8.10. The van der Waals surface area contributed by atoms with E-state index in [9.17, 15) is 22.8 Å². The highest BCUT2D eigenvalue weighted by atomic mass is 19.4. The Morgan fingerprint density at radius 1 is 1.05 bits per heavy atom. The number of anilines is 2. The molecule has 37 heavy (non-hydrogen) atoms. The standard InChI is InChI=1S/C15H13F3N2O.C12H15NO3/c16-15(17,18)13-3-1-2-4-14(13)20-12-7-5-11(6-8-12)9-19-10-21;1-15-11-5-3-2-4-10(11)12(14)13-9-6-7-16-8-9/h1-8,10,20H,9H2,(H,19,21);2-5,9H,6-8H2,1H3,(H,13,14). The Hall–Kier alpha value is -4.05. The van der Waals surface area contributed by atoms with Crippen molar-refractivity contribution in [3.8, 4) is 5.75 Å². The van der Waals surface area contributed by atoms with Gasteiger partial charge in [-0.3, -0.25) is 9.59 Å². The molecule has 1 heterocycles. The Morgan fingerprint density at radius 3 is 2.41 bits per heavy atom. The first-order valence-corrected chi connectivity index (χ1v) is 11.5. The zero-order valence-corrected chi connectivity index (χ0v) is 20.2. The van der Waals surface area contributed by atoms with Crippen LogP contribution in [-0.4, -0.2) is 38.7 Å². The summed E-state index contributed by atoms with van der Waals surface area (Å²) < 4.78 is 49.0. The maximum Gasteiger partial charge on any atom is 0.418 e. The van der Waals surface area contributed by atoms with Crippen LogP contribution >= 0.6 is 0 Å². The van der Waals surface area contributed by atoms with Crippen LogP contribution in [0.5, 0.6) is 5.75 Å². The van der Waals surface area contributed by atoms with Gasteiger partial charge in [0.25, 0.3) is 5.91 Å². The molecule has 1 aliphatic heterocycles. The molecule has 0 aliphatic carbocycles. The maximum atomic E-state index is 12.9. The molecular formula is C27H28F3N3O4. The third kappa shape index (κ3) is 8.25. The normalized spacial score (nSPS) is 14.6. The van der Waals surface area contributed by atoms with Gasteiger partial charge in [0.2, 0.25) is 6.41 Å². The summed E-state index contributed by atoms with van der Waals surface area (Å²) in [5, 5.41) is 8.19. The highest BCUT2D eigenvalue weighted by molar-refractivity contribution is 5.97. The van der Waals surface area contributed by atoms with Crippen molar-refractivity contribution in [2.45, 2.75) is 25.2 Å². The summed E-state index contributed by atoms with van der Waals surface area (Å²) in [7, 11) is 1.56. The number of carbonyl (C=O) groups is 2. The Balaban J connectivity index is 0.000000213. The minimum Gasteiger partial charge on any atom is -0.496 e. The van der Waals surface area contributed by atoms with E-state index < -0.39 is 11.7 Å². The number of rotatable bonds is 8. The number of halogens is 3. The molecule has 1 unspecified atom stereocenters. The molecule has 10 heteroatoms. The van der Waals surface area contributed by atoms with Crippen molar-refractivity contribution in [2.75, 3.05) is 25.6 Å². The molecule has 0 bridgehead atoms. The molecule has 1 saturated heterocycles. The van der Waals surface area contributed by atoms with Gasteiger partial charge < -0.3 is 25.4 Å². The lowest BCUT2D eigenvalue weighted by Gasteiger charge is -2.14. The molecule has 3 N–H and O–H groups in total. The van der Waals surface area contributed by atoms with Crippen molar-refractivity contribution in [3.05, 3.63) is 89.5 Å². The van der Waals surface area contributed by atoms with E-state index in [0.717, 1.165) is 24.7 Å². The molecule has 7 nitrogen and oxygen atoms in total. The van der Waals surface area contributed by atoms with E-state index in [1.165, 1.54) is 12.1 Å². The predicted octanol–water partition coefficient (Wildman–Crippen LogP) is 4.91. The van der Waals surface area contributed by atoms with Gasteiger partial charge in [0, 0.05) is 18.8 Å². The maximum absolute atomic E-state index is 12.9. The van der Waals surface area contributed by atoms with E-state index in [4.69, 9.17) is 9.47 Å². The van der Waals surface area contributed by atoms with Gasteiger partial charge in [-0.05, 0) is 48.4 Å². The van der Waals surface area contributed by atoms with Crippen molar-refractivity contribution >= 4 is 23.7 Å². The zero-order chi connectivity index (χ0) is 26.7. The number of hydrogen-bond donors (Lipinski definition) is 3. The topological polar surface area (TPSA) is 88.7 Å². The van der Waals surface area contributed by atoms with Crippen LogP contribution in [0.3, 0.4) is 0 Å². The molecule has 1 atom stereocenters. The number of benzene rings is 3. The highest BCUT2D eigenvalue weighted by Gasteiger charge is 2.33. The molecule has 3 aromatic carbocycles. The van der Waals surface area contributed by atoms with Crippen LogP contribution in [0.4, 0.5) is 24.5 Å². The number of para-hydroxylation sites is 2. The lowest BCUT2D eigenvalue weighted by Crippen LogP contribution is -2.35. The van der Waals surface area contributed by atoms with E-state index in [1.807, 2.05) is 12.1 Å². The van der Waals surface area contributed by atoms with Gasteiger partial charge in [-0.1, -0.05) is 36.4 Å². The van der Waals surface area contributed by atoms with Crippen molar-refractivity contribution in [1.82, 2.24) is 10.6 Å². The molecule has 196 valence electrons. The zero-order valence-electron chi connectivity index (χ0n) is 20.2. The molecule has 4 rings (SSSR count). The number of alkyl halides is 3. The van der Waals surface area contributed by atoms with Crippen LogP contribution in [0.2, 0.25) is 0 Å². The SMILES string of the molecule is COc1ccccc1C(=O)NC1CCOC1.O=CNCc1ccc(Nc2ccccc2C(F)(F)F)cc1. The van der Waals surface area contributed by atoms with Crippen molar-refractivity contribution < 1.29 is 32.2 Å². The molecule has 0 radical (unpaired) electrons. The number of hydrogen-bond acceptors (Lipinski definition) is 5. The summed E-state index contributed by atoms with van der Waals surface area (Å²) >= 11 is 0. The average molecular weight is 516 g/mol. The van der Waals surface area contributed by atoms with Gasteiger partial charge in [-0.15, -0.1) is 0 Å². The summed E-state index contributed by atoms with van der Waals surface area (Å²) in [5.74, 6) is 0.492. The quantitative estimate of drug-likeness (QED) is 0.371. The van der Waals surface area contributed by atoms with Gasteiger partial charge >= 0.3 is 6.18 Å². The smallest absolute Gasteiger partial charge is 0.418 e. The van der Waals surface area contributed by atoms with Crippen molar-refractivity contribution in [2.24, 2.45) is 0 Å². The van der Waals surface area contributed by atoms with Crippen LogP contribution in [0.25, 0.3) is 0 Å². The van der Waals surface area contributed by atoms with Gasteiger partial charge in [-0.2, -0.15) is 13.2 Å². The molecule has 0 spiro atoms. The number of methoxy groups -OCH3 is 1. The number of ether oxygens (including phenoxy) is 2. The first-order chi connectivity index (χ1) is 17.8. The van der Waals surface area contributed by atoms with Crippen molar-refractivity contribution in [1.29, 1.82) is 0 Å². The van der Waals surface area contributed by atoms with Crippen LogP contribution in [0.1, 0.15) is 27.9 Å². The van der Waals surface area contributed by atoms with E-state index in [2.05, 4.69) is 16.0 Å². The number of amides is 2. The van der Waals surface area contributed by atoms with Crippen LogP contribution in [0.15, 0.2) is 72.8 Å². The molecule has 0 aromatic heterocycles. The van der Waals surface area contributed by atoms with Crippen LogP contribution in [-0.2, 0) is 22.3 Å². The number of nitrogens with one attached hydrogen (secondary N) is 3. The Labute approximate surface area is 213 Å². The average Bonchev–Trinajstić information content (AvgIpc) is 3.41. The second-order valence-corrected chi connectivity index (χ2v) is 8.10. The van der Waals surface area contributed by atoms with Gasteiger partial charge in [0.1, 0.15) is 5.75 Å². The lowest BCUT2D eigenvalue weighted by molar-refractivity contribution is -0.136. The van der Waals surface area contributed by atoms with Gasteiger partial charge in [-0.25, -0.2) is 0 Å². The van der Waals surface area contributed by atoms with E-state index >= 15 is 0 Å². The minimum absolute atomic E-state index is 0.00349. The van der Waals surface area contributed by atoms with Gasteiger partial charge in [0.05, 0.1) is 36.6 Å². The fraction of sp³-hybridized carbons (Fsp3) is 0.259. The Bertz CT molecular complexity index is 1160. The fourth-order valence-electron chi connectivity index (χ4n) is 3.60. The molecular weight excluding hydrogens is 487 g/mol. The monoisotopic (exact) mass is 515 g/mol. The third-order valence-corrected chi connectivity index (χ3v) is 5.47. The van der Waals surface area contributed by atoms with E-state index in [-0.39, 0.29) is 17.6 Å². The minimum atomic E-state index is -4.41. The molecule has 1 fully saturated rings. The molecule has 1 aliphatic rings. The van der Waals surface area contributed by atoms with Crippen molar-refractivity contribution in [3.63, 3.8) is 0 Å². The molecule has 2 amide bonds. The molecule has 0 saturated carbocycles. The Morgan fingerprint density at radius 2 is 1.76 bits per heavy atom. The summed E-state index contributed by atoms with van der Waals surface area (Å²) in [5.41, 5.74) is 1.26. The fourth-order valence-corrected chi connectivity index (χ4v) is 3.60. The first-order valence-electron chi connectivity index (χ1n) is 11.5. The third-order valence-electron chi connectivity index (χ3n) is 5.47. The van der Waals surface area contributed by atoms with E-state index in [1.54, 1.807) is 49.6 Å². The predicted molar refractivity (Wildman–Crippen MR) is 134 cm³/mol. The van der Waals surface area contributed by atoms with Crippen LogP contribution in [0, 0.1) is 0 Å². The summed E-state index contributed by atoms with van der Waals surface area (Å²) in [4.78, 5) is 22.1. The highest BCUT2D eigenvalue weighted by Crippen LogP contribution is 2.35. The lowest BCUT2D eigenvalue weighted by atomic mass is 10.1. The first kappa shape index (κ1) is 27.5. The van der Waals surface area contributed by atoms with Crippen LogP contribution < -0.4 is 20.7 Å². The number of carbonyl (C=O) groups excluding carboxylic acids is 2.